The lowest BCUT2D eigenvalue weighted by Gasteiger charge is -2.28. The smallest absolute Gasteiger partial charge is 0.136 e. The van der Waals surface area contributed by atoms with Gasteiger partial charge in [0.2, 0.25) is 0 Å². The highest BCUT2D eigenvalue weighted by atomic mass is 16.3. The van der Waals surface area contributed by atoms with Crippen molar-refractivity contribution in [3.8, 4) is 55.6 Å². The van der Waals surface area contributed by atoms with Crippen LogP contribution in [0.25, 0.3) is 77.6 Å². The van der Waals surface area contributed by atoms with Crippen molar-refractivity contribution in [1.29, 1.82) is 0 Å². The van der Waals surface area contributed by atoms with Crippen LogP contribution in [0.4, 0.5) is 17.1 Å². The van der Waals surface area contributed by atoms with Gasteiger partial charge in [-0.2, -0.15) is 0 Å². The third-order valence-electron chi connectivity index (χ3n) is 12.3. The molecule has 1 aliphatic rings. The van der Waals surface area contributed by atoms with Crippen molar-refractivity contribution in [2.45, 2.75) is 19.3 Å². The molecule has 10 aromatic rings. The molecular weight excluding hydrogens is 715 g/mol. The first kappa shape index (κ1) is 34.8. The number of anilines is 3. The molecule has 0 aliphatic heterocycles. The maximum atomic E-state index is 6.26. The summed E-state index contributed by atoms with van der Waals surface area (Å²) in [5, 5.41) is 2.29. The molecule has 1 heterocycles. The van der Waals surface area contributed by atoms with Crippen molar-refractivity contribution in [3.05, 3.63) is 223 Å². The van der Waals surface area contributed by atoms with Gasteiger partial charge in [-0.05, 0) is 127 Å². The van der Waals surface area contributed by atoms with E-state index in [2.05, 4.69) is 219 Å². The Balaban J connectivity index is 0.973. The maximum absolute atomic E-state index is 6.26. The lowest BCUT2D eigenvalue weighted by molar-refractivity contribution is 0.660. The topological polar surface area (TPSA) is 16.4 Å². The van der Waals surface area contributed by atoms with Crippen LogP contribution in [0.5, 0.6) is 0 Å². The molecule has 2 nitrogen and oxygen atoms in total. The van der Waals surface area contributed by atoms with Gasteiger partial charge in [-0.15, -0.1) is 0 Å². The largest absolute Gasteiger partial charge is 0.456 e. The Hall–Kier alpha value is -7.42. The van der Waals surface area contributed by atoms with E-state index in [1.807, 2.05) is 12.1 Å². The summed E-state index contributed by atoms with van der Waals surface area (Å²) in [5.74, 6) is 0. The van der Waals surface area contributed by atoms with Gasteiger partial charge in [0.1, 0.15) is 11.2 Å². The Kier molecular flexibility index (Phi) is 8.20. The Labute approximate surface area is 345 Å². The van der Waals surface area contributed by atoms with Crippen molar-refractivity contribution >= 4 is 39.0 Å². The van der Waals surface area contributed by atoms with Gasteiger partial charge in [-0.3, -0.25) is 0 Å². The predicted molar refractivity (Wildman–Crippen MR) is 248 cm³/mol. The first-order valence-electron chi connectivity index (χ1n) is 20.4. The minimum atomic E-state index is -0.175. The number of fused-ring (bicyclic) bond motifs is 6. The van der Waals surface area contributed by atoms with Crippen molar-refractivity contribution in [2.24, 2.45) is 0 Å². The van der Waals surface area contributed by atoms with Crippen LogP contribution >= 0.6 is 0 Å². The van der Waals surface area contributed by atoms with E-state index in [1.165, 1.54) is 55.6 Å². The van der Waals surface area contributed by atoms with Crippen LogP contribution in [0.3, 0.4) is 0 Å². The molecule has 0 atom stereocenters. The summed E-state index contributed by atoms with van der Waals surface area (Å²) < 4.78 is 6.26. The van der Waals surface area contributed by atoms with E-state index >= 15 is 0 Å². The SMILES string of the molecule is CC1(C)c2cc(-c3ccccc3)ccc2-c2ccc(N(c3ccc(-c4ccc(-c5ccccc5)cc4)cc3)c3ccc(-c4ccc5c(c4)oc4ccccc45)cc3)cc21. The number of hydrogen-bond donors (Lipinski definition) is 0. The Morgan fingerprint density at radius 3 is 1.36 bits per heavy atom. The third-order valence-corrected chi connectivity index (χ3v) is 12.3. The molecule has 0 bridgehead atoms. The highest BCUT2D eigenvalue weighted by molar-refractivity contribution is 6.06. The molecule has 0 saturated carbocycles. The molecular formula is C57H41NO. The van der Waals surface area contributed by atoms with E-state index in [0.717, 1.165) is 50.1 Å². The lowest BCUT2D eigenvalue weighted by atomic mass is 9.81. The van der Waals surface area contributed by atoms with Gasteiger partial charge in [-0.1, -0.05) is 166 Å². The van der Waals surface area contributed by atoms with Crippen LogP contribution in [-0.2, 0) is 5.41 Å². The third kappa shape index (κ3) is 6.04. The van der Waals surface area contributed by atoms with Gasteiger partial charge in [0.05, 0.1) is 0 Å². The molecule has 2 heteroatoms. The maximum Gasteiger partial charge on any atom is 0.136 e. The van der Waals surface area contributed by atoms with Crippen LogP contribution < -0.4 is 4.90 Å². The molecule has 0 unspecified atom stereocenters. The van der Waals surface area contributed by atoms with Crippen molar-refractivity contribution < 1.29 is 4.42 Å². The van der Waals surface area contributed by atoms with Gasteiger partial charge in [0, 0.05) is 33.2 Å². The number of furan rings is 1. The van der Waals surface area contributed by atoms with Crippen molar-refractivity contribution in [2.75, 3.05) is 4.90 Å². The fourth-order valence-electron chi connectivity index (χ4n) is 9.12. The molecule has 0 saturated heterocycles. The van der Waals surface area contributed by atoms with E-state index in [4.69, 9.17) is 4.42 Å². The standard InChI is InChI=1S/C57H41NO/c1-57(2)53-35-44(39-13-7-4-8-14-39)25-32-49(53)50-34-31-48(37-54(50)57)58(46-27-21-42(22-28-46)41-19-17-40(18-20-41)38-11-5-3-6-12-38)47-29-23-43(24-30-47)45-26-33-52-51-15-9-10-16-55(51)59-56(52)36-45/h3-37H,1-2H3. The second kappa shape index (κ2) is 13.9. The van der Waals surface area contributed by atoms with Gasteiger partial charge in [0.25, 0.3) is 0 Å². The summed E-state index contributed by atoms with van der Waals surface area (Å²) >= 11 is 0. The first-order valence-corrected chi connectivity index (χ1v) is 20.4. The summed E-state index contributed by atoms with van der Waals surface area (Å²) in [6, 6.07) is 76.9. The minimum Gasteiger partial charge on any atom is -0.456 e. The normalized spacial score (nSPS) is 12.7. The van der Waals surface area contributed by atoms with Gasteiger partial charge in [-0.25, -0.2) is 0 Å². The molecule has 11 rings (SSSR count). The molecule has 1 aliphatic carbocycles. The molecule has 9 aromatic carbocycles. The monoisotopic (exact) mass is 755 g/mol. The molecule has 1 aromatic heterocycles. The Bertz CT molecular complexity index is 3140. The van der Waals surface area contributed by atoms with Gasteiger partial charge < -0.3 is 9.32 Å². The average Bonchev–Trinajstić information content (AvgIpc) is 3.78. The lowest BCUT2D eigenvalue weighted by Crippen LogP contribution is -2.16. The zero-order valence-electron chi connectivity index (χ0n) is 33.1. The zero-order valence-corrected chi connectivity index (χ0v) is 33.1. The van der Waals surface area contributed by atoms with Crippen LogP contribution in [0.15, 0.2) is 217 Å². The van der Waals surface area contributed by atoms with E-state index < -0.39 is 0 Å². The fraction of sp³-hybridized carbons (Fsp3) is 0.0526. The molecule has 0 spiro atoms. The molecule has 280 valence electrons. The average molecular weight is 756 g/mol. The molecule has 59 heavy (non-hydrogen) atoms. The van der Waals surface area contributed by atoms with Crippen LogP contribution in [0.2, 0.25) is 0 Å². The van der Waals surface area contributed by atoms with E-state index in [9.17, 15) is 0 Å². The quantitative estimate of drug-likeness (QED) is 0.161. The Morgan fingerprint density at radius 1 is 0.322 bits per heavy atom. The highest BCUT2D eigenvalue weighted by Crippen LogP contribution is 2.52. The molecule has 0 fully saturated rings. The number of para-hydroxylation sites is 1. The fourth-order valence-corrected chi connectivity index (χ4v) is 9.12. The van der Waals surface area contributed by atoms with Crippen molar-refractivity contribution in [3.63, 3.8) is 0 Å². The van der Waals surface area contributed by atoms with Crippen LogP contribution in [-0.4, -0.2) is 0 Å². The second-order valence-corrected chi connectivity index (χ2v) is 16.2. The van der Waals surface area contributed by atoms with E-state index in [0.29, 0.717) is 0 Å². The second-order valence-electron chi connectivity index (χ2n) is 16.2. The van der Waals surface area contributed by atoms with Crippen LogP contribution in [0.1, 0.15) is 25.0 Å². The molecule has 0 radical (unpaired) electrons. The first-order chi connectivity index (χ1) is 29.0. The van der Waals surface area contributed by atoms with Gasteiger partial charge in [0.15, 0.2) is 0 Å². The van der Waals surface area contributed by atoms with Gasteiger partial charge >= 0.3 is 0 Å². The minimum absolute atomic E-state index is 0.175. The Morgan fingerprint density at radius 2 is 0.729 bits per heavy atom. The summed E-state index contributed by atoms with van der Waals surface area (Å²) in [7, 11) is 0. The van der Waals surface area contributed by atoms with E-state index in [-0.39, 0.29) is 5.41 Å². The summed E-state index contributed by atoms with van der Waals surface area (Å²) in [6.07, 6.45) is 0. The molecule has 0 N–H and O–H groups in total. The highest BCUT2D eigenvalue weighted by Gasteiger charge is 2.36. The predicted octanol–water partition coefficient (Wildman–Crippen LogP) is 16.0. The summed E-state index contributed by atoms with van der Waals surface area (Å²) in [6.45, 7) is 4.73. The number of benzene rings is 9. The summed E-state index contributed by atoms with van der Waals surface area (Å²) in [5.41, 5.74) is 19.9. The van der Waals surface area contributed by atoms with Crippen LogP contribution in [0, 0.1) is 0 Å². The molecule has 0 amide bonds. The summed E-state index contributed by atoms with van der Waals surface area (Å²) in [4.78, 5) is 2.39. The number of hydrogen-bond acceptors (Lipinski definition) is 2. The number of nitrogens with zero attached hydrogens (tertiary/aromatic N) is 1. The van der Waals surface area contributed by atoms with Crippen molar-refractivity contribution in [1.82, 2.24) is 0 Å². The van der Waals surface area contributed by atoms with E-state index in [1.54, 1.807) is 0 Å². The zero-order chi connectivity index (χ0) is 39.5. The number of rotatable bonds is 7.